The lowest BCUT2D eigenvalue weighted by molar-refractivity contribution is -0.167. The van der Waals surface area contributed by atoms with Gasteiger partial charge in [0, 0.05) is 6.42 Å². The Balaban J connectivity index is 3.34. The molecule has 0 aliphatic rings. The van der Waals surface area contributed by atoms with Crippen molar-refractivity contribution in [2.45, 2.75) is 103 Å². The smallest absolute Gasteiger partial charge is 0.345 e. The zero-order valence-electron chi connectivity index (χ0n) is 16.5. The second-order valence-electron chi connectivity index (χ2n) is 6.83. The van der Waals surface area contributed by atoms with Gasteiger partial charge in [0.15, 0.2) is 6.10 Å². The summed E-state index contributed by atoms with van der Waals surface area (Å²) in [6.07, 6.45) is 18.4. The summed E-state index contributed by atoms with van der Waals surface area (Å²) in [7, 11) is 0. The predicted octanol–water partition coefficient (Wildman–Crippen LogP) is 4.45. The molecule has 0 bridgehead atoms. The number of hydrogen-bond acceptors (Lipinski definition) is 5. The second-order valence-corrected chi connectivity index (χ2v) is 6.83. The average molecular weight is 371 g/mol. The average Bonchev–Trinajstić information content (AvgIpc) is 2.64. The molecule has 0 heterocycles. The molecule has 0 rings (SSSR count). The number of carbonyl (C=O) groups is 2. The molecule has 1 unspecified atom stereocenters. The van der Waals surface area contributed by atoms with Crippen LogP contribution < -0.4 is 0 Å². The minimum atomic E-state index is -1.63. The molecule has 0 saturated heterocycles. The van der Waals surface area contributed by atoms with E-state index in [1.165, 1.54) is 51.4 Å². The van der Waals surface area contributed by atoms with Gasteiger partial charge in [0.25, 0.3) is 0 Å². The maximum absolute atomic E-state index is 11.4. The Labute approximate surface area is 158 Å². The monoisotopic (exact) mass is 370 g/mol. The maximum Gasteiger partial charge on any atom is 0.345 e. The lowest BCUT2D eigenvalue weighted by Gasteiger charge is -2.06. The molecule has 5 nitrogen and oxygen atoms in total. The highest BCUT2D eigenvalue weighted by atomic mass is 16.6. The Bertz CT molecular complexity index is 379. The van der Waals surface area contributed by atoms with Crippen LogP contribution in [0.2, 0.25) is 0 Å². The van der Waals surface area contributed by atoms with Gasteiger partial charge in [-0.05, 0) is 32.1 Å². The summed E-state index contributed by atoms with van der Waals surface area (Å²) < 4.78 is 4.43. The summed E-state index contributed by atoms with van der Waals surface area (Å²) in [4.78, 5) is 22.4. The van der Waals surface area contributed by atoms with Crippen molar-refractivity contribution in [1.29, 1.82) is 0 Å². The van der Waals surface area contributed by atoms with Gasteiger partial charge >= 0.3 is 11.9 Å². The molecule has 0 aliphatic heterocycles. The molecular formula is C21H38O5. The first kappa shape index (κ1) is 24.8. The third-order valence-electron chi connectivity index (χ3n) is 4.30. The van der Waals surface area contributed by atoms with Crippen LogP contribution in [0.3, 0.4) is 0 Å². The van der Waals surface area contributed by atoms with Crippen LogP contribution in [0.5, 0.6) is 0 Å². The highest BCUT2D eigenvalue weighted by molar-refractivity contribution is 5.87. The molecule has 152 valence electrons. The lowest BCUT2D eigenvalue weighted by Crippen LogP contribution is -2.28. The van der Waals surface area contributed by atoms with Crippen molar-refractivity contribution < 1.29 is 24.5 Å². The van der Waals surface area contributed by atoms with Crippen LogP contribution >= 0.6 is 0 Å². The summed E-state index contributed by atoms with van der Waals surface area (Å²) in [6, 6.07) is 0. The Hall–Kier alpha value is -1.20. The first-order valence-electron chi connectivity index (χ1n) is 10.3. The van der Waals surface area contributed by atoms with E-state index in [-0.39, 0.29) is 6.42 Å². The van der Waals surface area contributed by atoms with E-state index in [4.69, 9.17) is 10.2 Å². The number of unbranched alkanes of at least 4 members (excludes halogenated alkanes) is 11. The Kier molecular flexibility index (Phi) is 17.7. The fraction of sp³-hybridized carbons (Fsp3) is 0.810. The van der Waals surface area contributed by atoms with Crippen molar-refractivity contribution >= 4 is 11.9 Å². The van der Waals surface area contributed by atoms with Crippen molar-refractivity contribution in [1.82, 2.24) is 0 Å². The van der Waals surface area contributed by atoms with Gasteiger partial charge < -0.3 is 14.9 Å². The fourth-order valence-electron chi connectivity index (χ4n) is 2.65. The van der Waals surface area contributed by atoms with Gasteiger partial charge in [-0.15, -0.1) is 0 Å². The second kappa shape index (κ2) is 18.6. The topological polar surface area (TPSA) is 83.8 Å². The molecule has 2 N–H and O–H groups in total. The quantitative estimate of drug-likeness (QED) is 0.171. The molecular weight excluding hydrogens is 332 g/mol. The zero-order chi connectivity index (χ0) is 19.5. The van der Waals surface area contributed by atoms with Crippen molar-refractivity contribution in [2.24, 2.45) is 0 Å². The van der Waals surface area contributed by atoms with E-state index in [1.54, 1.807) is 0 Å². The molecule has 5 heteroatoms. The predicted molar refractivity (Wildman–Crippen MR) is 104 cm³/mol. The molecule has 0 aromatic rings. The Morgan fingerprint density at radius 1 is 0.846 bits per heavy atom. The molecule has 0 saturated carbocycles. The van der Waals surface area contributed by atoms with E-state index in [0.29, 0.717) is 6.42 Å². The molecule has 0 amide bonds. The van der Waals surface area contributed by atoms with Crippen LogP contribution in [0, 0.1) is 0 Å². The Morgan fingerprint density at radius 2 is 1.35 bits per heavy atom. The number of carbonyl (C=O) groups excluding carboxylic acids is 2. The lowest BCUT2D eigenvalue weighted by atomic mass is 10.1. The molecule has 26 heavy (non-hydrogen) atoms. The summed E-state index contributed by atoms with van der Waals surface area (Å²) in [5.41, 5.74) is 0. The van der Waals surface area contributed by atoms with Gasteiger partial charge in [0.2, 0.25) is 0 Å². The molecule has 1 atom stereocenters. The molecule has 0 aromatic carbocycles. The number of allylic oxidation sites excluding steroid dienone is 2. The largest absolute Gasteiger partial charge is 0.393 e. The van der Waals surface area contributed by atoms with Gasteiger partial charge in [0.05, 0.1) is 6.61 Å². The highest BCUT2D eigenvalue weighted by Crippen LogP contribution is 2.10. The van der Waals surface area contributed by atoms with Gasteiger partial charge in [0.1, 0.15) is 0 Å². The summed E-state index contributed by atoms with van der Waals surface area (Å²) >= 11 is 0. The van der Waals surface area contributed by atoms with Gasteiger partial charge in [-0.25, -0.2) is 4.79 Å². The van der Waals surface area contributed by atoms with E-state index >= 15 is 0 Å². The maximum atomic E-state index is 11.4. The van der Waals surface area contributed by atoms with E-state index in [9.17, 15) is 9.59 Å². The Morgan fingerprint density at radius 3 is 1.88 bits per heavy atom. The highest BCUT2D eigenvalue weighted by Gasteiger charge is 2.18. The van der Waals surface area contributed by atoms with Crippen molar-refractivity contribution in [3.05, 3.63) is 12.2 Å². The normalized spacial score (nSPS) is 12.4. The van der Waals surface area contributed by atoms with Crippen molar-refractivity contribution in [2.75, 3.05) is 6.61 Å². The standard InChI is InChI=1S/C21H38O5/c1-2-3-4-5-6-7-8-9-10-11-12-13-14-15-16-17-20(24)26-21(25)19(23)18-22/h9-10,19,22-23H,2-8,11-18H2,1H3. The van der Waals surface area contributed by atoms with Crippen LogP contribution in [0.1, 0.15) is 96.8 Å². The number of esters is 2. The third-order valence-corrected chi connectivity index (χ3v) is 4.30. The van der Waals surface area contributed by atoms with Crippen molar-refractivity contribution in [3.63, 3.8) is 0 Å². The molecule has 0 spiro atoms. The number of ether oxygens (including phenoxy) is 1. The van der Waals surface area contributed by atoms with Gasteiger partial charge in [-0.2, -0.15) is 0 Å². The SMILES string of the molecule is CCCCCCCCC=CCCCCCCCC(=O)OC(=O)C(O)CO. The number of aliphatic hydroxyl groups excluding tert-OH is 2. The van der Waals surface area contributed by atoms with Gasteiger partial charge in [-0.3, -0.25) is 4.79 Å². The first-order valence-corrected chi connectivity index (χ1v) is 10.3. The van der Waals surface area contributed by atoms with Crippen LogP contribution in [-0.2, 0) is 14.3 Å². The summed E-state index contributed by atoms with van der Waals surface area (Å²) in [6.45, 7) is 1.51. The number of rotatable bonds is 17. The molecule has 0 radical (unpaired) electrons. The van der Waals surface area contributed by atoms with E-state index < -0.39 is 24.6 Å². The zero-order valence-corrected chi connectivity index (χ0v) is 16.5. The van der Waals surface area contributed by atoms with Crippen LogP contribution in [0.15, 0.2) is 12.2 Å². The fourth-order valence-corrected chi connectivity index (χ4v) is 2.65. The van der Waals surface area contributed by atoms with Crippen molar-refractivity contribution in [3.8, 4) is 0 Å². The van der Waals surface area contributed by atoms with E-state index in [0.717, 1.165) is 25.7 Å². The minimum Gasteiger partial charge on any atom is -0.393 e. The first-order chi connectivity index (χ1) is 12.6. The summed E-state index contributed by atoms with van der Waals surface area (Å²) in [5, 5.41) is 17.6. The number of hydrogen-bond donors (Lipinski definition) is 2. The third kappa shape index (κ3) is 16.3. The minimum absolute atomic E-state index is 0.169. The molecule has 0 aromatic heterocycles. The molecule has 0 fully saturated rings. The van der Waals surface area contributed by atoms with Gasteiger partial charge in [-0.1, -0.05) is 70.4 Å². The number of aliphatic hydroxyl groups is 2. The van der Waals surface area contributed by atoms with E-state index in [2.05, 4.69) is 23.8 Å². The summed E-state index contributed by atoms with van der Waals surface area (Å²) in [5.74, 6) is -1.72. The molecule has 0 aliphatic carbocycles. The van der Waals surface area contributed by atoms with E-state index in [1.807, 2.05) is 0 Å². The van der Waals surface area contributed by atoms with Crippen LogP contribution in [0.4, 0.5) is 0 Å². The van der Waals surface area contributed by atoms with Crippen LogP contribution in [-0.4, -0.2) is 34.9 Å². The van der Waals surface area contributed by atoms with Crippen LogP contribution in [0.25, 0.3) is 0 Å².